The van der Waals surface area contributed by atoms with Gasteiger partial charge in [-0.15, -0.1) is 5.10 Å². The van der Waals surface area contributed by atoms with Crippen molar-refractivity contribution in [3.05, 3.63) is 34.6 Å². The van der Waals surface area contributed by atoms with Crippen molar-refractivity contribution < 1.29 is 9.69 Å². The molecule has 1 amide bonds. The van der Waals surface area contributed by atoms with Crippen LogP contribution in [0.1, 0.15) is 12.8 Å². The van der Waals surface area contributed by atoms with E-state index in [1.54, 1.807) is 12.1 Å². The maximum absolute atomic E-state index is 12.3. The van der Waals surface area contributed by atoms with Crippen molar-refractivity contribution in [2.75, 3.05) is 33.2 Å². The molecule has 0 radical (unpaired) electrons. The Morgan fingerprint density at radius 2 is 2.00 bits per heavy atom. The van der Waals surface area contributed by atoms with Gasteiger partial charge in [0.2, 0.25) is 5.91 Å². The number of hydrogen-bond acceptors (Lipinski definition) is 4. The molecule has 122 valence electrons. The molecule has 7 nitrogen and oxygen atoms in total. The van der Waals surface area contributed by atoms with Gasteiger partial charge in [0.05, 0.1) is 38.6 Å². The lowest BCUT2D eigenvalue weighted by atomic mass is 10.2. The number of carbonyl (C=O) groups is 1. The Morgan fingerprint density at radius 3 is 2.78 bits per heavy atom. The fourth-order valence-electron chi connectivity index (χ4n) is 2.85. The molecule has 7 heteroatoms. The van der Waals surface area contributed by atoms with E-state index in [-0.39, 0.29) is 11.5 Å². The van der Waals surface area contributed by atoms with E-state index in [1.165, 1.54) is 9.58 Å². The van der Waals surface area contributed by atoms with E-state index >= 15 is 0 Å². The third-order valence-electron chi connectivity index (χ3n) is 4.36. The third kappa shape index (κ3) is 3.56. The molecule has 1 saturated heterocycles. The van der Waals surface area contributed by atoms with Crippen molar-refractivity contribution in [3.8, 4) is 0 Å². The van der Waals surface area contributed by atoms with E-state index in [9.17, 15) is 9.59 Å². The Balaban J connectivity index is 1.57. The molecular formula is C16H22N5O2+. The van der Waals surface area contributed by atoms with Gasteiger partial charge in [-0.1, -0.05) is 17.3 Å². The lowest BCUT2D eigenvalue weighted by molar-refractivity contribution is -0.883. The van der Waals surface area contributed by atoms with Gasteiger partial charge < -0.3 is 9.80 Å². The molecule has 0 saturated carbocycles. The molecule has 1 fully saturated rings. The smallest absolute Gasteiger partial charge is 0.277 e. The molecule has 1 aliphatic heterocycles. The number of quaternary nitrogens is 1. The first-order valence-corrected chi connectivity index (χ1v) is 8.07. The van der Waals surface area contributed by atoms with Gasteiger partial charge in [-0.05, 0) is 18.6 Å². The Bertz CT molecular complexity index is 749. The average molecular weight is 316 g/mol. The summed E-state index contributed by atoms with van der Waals surface area (Å²) in [4.78, 5) is 27.9. The first-order chi connectivity index (χ1) is 11.1. The summed E-state index contributed by atoms with van der Waals surface area (Å²) in [5, 5.41) is 8.57. The Morgan fingerprint density at radius 1 is 1.26 bits per heavy atom. The second-order valence-corrected chi connectivity index (χ2v) is 6.08. The minimum atomic E-state index is -0.147. The SMILES string of the molecule is C[NH+]1CCN(C(=O)CCCn2nnc3ccccc3c2=O)CC1. The van der Waals surface area contributed by atoms with Crippen LogP contribution in [0.25, 0.3) is 10.9 Å². The number of rotatable bonds is 4. The summed E-state index contributed by atoms with van der Waals surface area (Å²) in [6, 6.07) is 7.17. The fraction of sp³-hybridized carbons (Fsp3) is 0.500. The largest absolute Gasteiger partial charge is 0.334 e. The van der Waals surface area contributed by atoms with E-state index in [2.05, 4.69) is 17.4 Å². The highest BCUT2D eigenvalue weighted by Gasteiger charge is 2.20. The van der Waals surface area contributed by atoms with Crippen LogP contribution in [0.15, 0.2) is 29.1 Å². The molecule has 0 unspecified atom stereocenters. The van der Waals surface area contributed by atoms with Crippen molar-refractivity contribution >= 4 is 16.8 Å². The van der Waals surface area contributed by atoms with Crippen molar-refractivity contribution in [2.45, 2.75) is 19.4 Å². The summed E-state index contributed by atoms with van der Waals surface area (Å²) in [6.45, 7) is 4.06. The summed E-state index contributed by atoms with van der Waals surface area (Å²) >= 11 is 0. The van der Waals surface area contributed by atoms with Crippen molar-refractivity contribution in [1.82, 2.24) is 19.9 Å². The van der Waals surface area contributed by atoms with Crippen LogP contribution < -0.4 is 10.5 Å². The third-order valence-corrected chi connectivity index (χ3v) is 4.36. The molecule has 2 aromatic rings. The predicted octanol–water partition coefficient (Wildman–Crippen LogP) is -1.07. The monoisotopic (exact) mass is 316 g/mol. The van der Waals surface area contributed by atoms with Crippen LogP contribution in [0.5, 0.6) is 0 Å². The van der Waals surface area contributed by atoms with Gasteiger partial charge in [0.1, 0.15) is 5.52 Å². The zero-order valence-corrected chi connectivity index (χ0v) is 13.4. The first kappa shape index (κ1) is 15.6. The van der Waals surface area contributed by atoms with Crippen LogP contribution in [-0.4, -0.2) is 59.0 Å². The van der Waals surface area contributed by atoms with Gasteiger partial charge >= 0.3 is 0 Å². The second-order valence-electron chi connectivity index (χ2n) is 6.08. The minimum Gasteiger partial charge on any atom is -0.334 e. The highest BCUT2D eigenvalue weighted by atomic mass is 16.2. The number of aromatic nitrogens is 3. The normalized spacial score (nSPS) is 16.0. The summed E-state index contributed by atoms with van der Waals surface area (Å²) < 4.78 is 1.35. The van der Waals surface area contributed by atoms with Crippen LogP contribution in [0, 0.1) is 0 Å². The summed E-state index contributed by atoms with van der Waals surface area (Å²) in [5.74, 6) is 0.166. The number of carbonyl (C=O) groups excluding carboxylic acids is 1. The van der Waals surface area contributed by atoms with Crippen LogP contribution >= 0.6 is 0 Å². The average Bonchev–Trinajstić information content (AvgIpc) is 2.57. The van der Waals surface area contributed by atoms with Gasteiger partial charge in [0, 0.05) is 13.0 Å². The zero-order chi connectivity index (χ0) is 16.2. The van der Waals surface area contributed by atoms with Gasteiger partial charge in [0.25, 0.3) is 5.56 Å². The van der Waals surface area contributed by atoms with Crippen molar-refractivity contribution in [2.24, 2.45) is 0 Å². The summed E-state index contributed by atoms with van der Waals surface area (Å²) in [7, 11) is 2.15. The molecule has 0 atom stereocenters. The highest BCUT2D eigenvalue weighted by molar-refractivity contribution is 5.77. The lowest BCUT2D eigenvalue weighted by Crippen LogP contribution is -3.12. The molecular weight excluding hydrogens is 294 g/mol. The molecule has 23 heavy (non-hydrogen) atoms. The number of hydrogen-bond donors (Lipinski definition) is 1. The van der Waals surface area contributed by atoms with E-state index in [0.717, 1.165) is 26.2 Å². The number of amides is 1. The number of piperazine rings is 1. The quantitative estimate of drug-likeness (QED) is 0.779. The number of likely N-dealkylation sites (N-methyl/N-ethyl adjacent to an activating group) is 1. The highest BCUT2D eigenvalue weighted by Crippen LogP contribution is 2.04. The molecule has 1 aliphatic rings. The van der Waals surface area contributed by atoms with Gasteiger partial charge in [-0.2, -0.15) is 0 Å². The van der Waals surface area contributed by atoms with Crippen LogP contribution in [0.2, 0.25) is 0 Å². The van der Waals surface area contributed by atoms with Crippen LogP contribution in [0.3, 0.4) is 0 Å². The van der Waals surface area contributed by atoms with Crippen LogP contribution in [-0.2, 0) is 11.3 Å². The zero-order valence-electron chi connectivity index (χ0n) is 13.4. The van der Waals surface area contributed by atoms with Crippen molar-refractivity contribution in [1.29, 1.82) is 0 Å². The predicted molar refractivity (Wildman–Crippen MR) is 86.2 cm³/mol. The topological polar surface area (TPSA) is 72.5 Å². The molecule has 2 heterocycles. The van der Waals surface area contributed by atoms with E-state index < -0.39 is 0 Å². The maximum Gasteiger partial charge on any atom is 0.277 e. The fourth-order valence-corrected chi connectivity index (χ4v) is 2.85. The molecule has 3 rings (SSSR count). The number of nitrogens with zero attached hydrogens (tertiary/aromatic N) is 4. The standard InChI is InChI=1S/C16H21N5O2/c1-19-9-11-20(12-10-19)15(22)7-4-8-21-16(23)13-5-2-3-6-14(13)17-18-21/h2-3,5-6H,4,7-12H2,1H3/p+1. The maximum atomic E-state index is 12.3. The molecule has 0 aliphatic carbocycles. The Labute approximate surface area is 134 Å². The second kappa shape index (κ2) is 6.87. The Kier molecular flexibility index (Phi) is 4.66. The molecule has 1 N–H and O–H groups in total. The molecule has 0 bridgehead atoms. The van der Waals surface area contributed by atoms with Gasteiger partial charge in [0.15, 0.2) is 0 Å². The van der Waals surface area contributed by atoms with Crippen molar-refractivity contribution in [3.63, 3.8) is 0 Å². The summed E-state index contributed by atoms with van der Waals surface area (Å²) in [5.41, 5.74) is 0.455. The number of aryl methyl sites for hydroxylation is 1. The number of nitrogens with one attached hydrogen (secondary N) is 1. The van der Waals surface area contributed by atoms with E-state index in [1.807, 2.05) is 17.0 Å². The minimum absolute atomic E-state index is 0.147. The van der Waals surface area contributed by atoms with Crippen LogP contribution in [0.4, 0.5) is 0 Å². The lowest BCUT2D eigenvalue weighted by Gasteiger charge is -2.30. The number of benzene rings is 1. The Hall–Kier alpha value is -2.28. The first-order valence-electron chi connectivity index (χ1n) is 8.07. The van der Waals surface area contributed by atoms with Gasteiger partial charge in [-0.3, -0.25) is 9.59 Å². The number of fused-ring (bicyclic) bond motifs is 1. The van der Waals surface area contributed by atoms with E-state index in [0.29, 0.717) is 30.3 Å². The molecule has 1 aromatic heterocycles. The van der Waals surface area contributed by atoms with Gasteiger partial charge in [-0.25, -0.2) is 4.68 Å². The molecule has 1 aromatic carbocycles. The molecule has 0 spiro atoms. The summed E-state index contributed by atoms with van der Waals surface area (Å²) in [6.07, 6.45) is 1.05. The van der Waals surface area contributed by atoms with E-state index in [4.69, 9.17) is 0 Å².